The number of nitrogens with zero attached hydrogens (tertiary/aromatic N) is 2. The quantitative estimate of drug-likeness (QED) is 0.767. The van der Waals surface area contributed by atoms with Gasteiger partial charge in [-0.1, -0.05) is 0 Å². The lowest BCUT2D eigenvalue weighted by Gasteiger charge is -2.12. The van der Waals surface area contributed by atoms with E-state index < -0.39 is 0 Å². The third-order valence-electron chi connectivity index (χ3n) is 3.22. The first-order valence-electron chi connectivity index (χ1n) is 5.43. The molecular formula is C11H17N3O2. The monoisotopic (exact) mass is 223 g/mol. The summed E-state index contributed by atoms with van der Waals surface area (Å²) in [5.41, 5.74) is 0.337. The Hall–Kier alpha value is -1.36. The van der Waals surface area contributed by atoms with Crippen molar-refractivity contribution in [1.29, 1.82) is 0 Å². The minimum Gasteiger partial charge on any atom is -0.307 e. The molecule has 1 N–H and O–H groups in total. The van der Waals surface area contributed by atoms with Crippen LogP contribution in [0.3, 0.4) is 0 Å². The van der Waals surface area contributed by atoms with Crippen LogP contribution in [-0.4, -0.2) is 14.7 Å². The molecule has 2 rings (SSSR count). The Bertz CT molecular complexity index is 523. The molecule has 1 heterocycles. The molecule has 1 aromatic rings. The molecule has 0 aliphatic heterocycles. The van der Waals surface area contributed by atoms with Crippen LogP contribution in [0.4, 0.5) is 0 Å². The number of rotatable bonds is 3. The zero-order valence-corrected chi connectivity index (χ0v) is 9.91. The summed E-state index contributed by atoms with van der Waals surface area (Å²) in [6.45, 7) is 2.66. The fourth-order valence-electron chi connectivity index (χ4n) is 1.68. The summed E-state index contributed by atoms with van der Waals surface area (Å²) in [6, 6.07) is 0. The van der Waals surface area contributed by atoms with E-state index in [1.807, 2.05) is 0 Å². The van der Waals surface area contributed by atoms with E-state index >= 15 is 0 Å². The highest BCUT2D eigenvalue weighted by Gasteiger charge is 2.36. The third kappa shape index (κ3) is 1.95. The van der Waals surface area contributed by atoms with E-state index in [2.05, 4.69) is 12.2 Å². The Morgan fingerprint density at radius 3 is 2.56 bits per heavy atom. The first-order chi connectivity index (χ1) is 7.43. The van der Waals surface area contributed by atoms with Gasteiger partial charge >= 0.3 is 5.69 Å². The minimum absolute atomic E-state index is 0.194. The predicted molar refractivity (Wildman–Crippen MR) is 61.4 cm³/mol. The molecule has 0 atom stereocenters. The Balaban J connectivity index is 2.27. The predicted octanol–water partition coefficient (Wildman–Crippen LogP) is -0.274. The molecule has 0 unspecified atom stereocenters. The van der Waals surface area contributed by atoms with Crippen molar-refractivity contribution in [1.82, 2.24) is 14.5 Å². The van der Waals surface area contributed by atoms with Gasteiger partial charge in [0.05, 0.1) is 0 Å². The second-order valence-electron chi connectivity index (χ2n) is 4.83. The maximum atomic E-state index is 11.8. The van der Waals surface area contributed by atoms with Crippen LogP contribution >= 0.6 is 0 Å². The van der Waals surface area contributed by atoms with Crippen LogP contribution in [0.15, 0.2) is 15.8 Å². The Morgan fingerprint density at radius 1 is 1.38 bits per heavy atom. The largest absolute Gasteiger partial charge is 0.330 e. The van der Waals surface area contributed by atoms with E-state index in [-0.39, 0.29) is 16.8 Å². The van der Waals surface area contributed by atoms with Crippen molar-refractivity contribution in [2.75, 3.05) is 0 Å². The Morgan fingerprint density at radius 2 is 2.00 bits per heavy atom. The zero-order valence-electron chi connectivity index (χ0n) is 9.91. The van der Waals surface area contributed by atoms with Gasteiger partial charge in [0.25, 0.3) is 5.56 Å². The fourth-order valence-corrected chi connectivity index (χ4v) is 1.68. The molecule has 16 heavy (non-hydrogen) atoms. The second kappa shape index (κ2) is 3.59. The van der Waals surface area contributed by atoms with Crippen molar-refractivity contribution < 1.29 is 0 Å². The lowest BCUT2D eigenvalue weighted by Crippen LogP contribution is -2.40. The average molecular weight is 223 g/mol. The van der Waals surface area contributed by atoms with Gasteiger partial charge < -0.3 is 9.88 Å². The third-order valence-corrected chi connectivity index (χ3v) is 3.22. The smallest absolute Gasteiger partial charge is 0.307 e. The SMILES string of the molecule is Cn1cc(CNC2(C)CC2)c(=O)n(C)c1=O. The van der Waals surface area contributed by atoms with Crippen LogP contribution < -0.4 is 16.6 Å². The molecule has 5 heteroatoms. The maximum absolute atomic E-state index is 11.8. The van der Waals surface area contributed by atoms with Gasteiger partial charge in [-0.05, 0) is 19.8 Å². The minimum atomic E-state index is -0.286. The summed E-state index contributed by atoms with van der Waals surface area (Å²) in [7, 11) is 3.16. The standard InChI is InChI=1S/C11H17N3O2/c1-11(4-5-11)12-6-8-7-13(2)10(16)14(3)9(8)15/h7,12H,4-6H2,1-3H3. The van der Waals surface area contributed by atoms with Gasteiger partial charge in [-0.15, -0.1) is 0 Å². The van der Waals surface area contributed by atoms with Crippen molar-refractivity contribution >= 4 is 0 Å². The van der Waals surface area contributed by atoms with Crippen LogP contribution in [0.1, 0.15) is 25.3 Å². The van der Waals surface area contributed by atoms with Crippen molar-refractivity contribution in [2.45, 2.75) is 31.8 Å². The summed E-state index contributed by atoms with van der Waals surface area (Å²) >= 11 is 0. The van der Waals surface area contributed by atoms with Crippen molar-refractivity contribution in [2.24, 2.45) is 14.1 Å². The first kappa shape index (κ1) is 11.1. The summed E-state index contributed by atoms with van der Waals surface area (Å²) in [4.78, 5) is 23.2. The van der Waals surface area contributed by atoms with Gasteiger partial charge in [-0.25, -0.2) is 4.79 Å². The molecule has 5 nitrogen and oxygen atoms in total. The normalized spacial score (nSPS) is 17.4. The Labute approximate surface area is 93.7 Å². The molecule has 1 saturated carbocycles. The number of hydrogen-bond acceptors (Lipinski definition) is 3. The van der Waals surface area contributed by atoms with Crippen LogP contribution in [0.5, 0.6) is 0 Å². The molecule has 88 valence electrons. The van der Waals surface area contributed by atoms with Gasteiger partial charge in [-0.3, -0.25) is 9.36 Å². The highest BCUT2D eigenvalue weighted by molar-refractivity contribution is 5.08. The van der Waals surface area contributed by atoms with Crippen LogP contribution in [0, 0.1) is 0 Å². The maximum Gasteiger partial charge on any atom is 0.330 e. The number of nitrogens with one attached hydrogen (secondary N) is 1. The molecular weight excluding hydrogens is 206 g/mol. The van der Waals surface area contributed by atoms with E-state index in [9.17, 15) is 9.59 Å². The van der Waals surface area contributed by atoms with E-state index in [0.717, 1.165) is 17.4 Å². The molecule has 0 saturated heterocycles. The van der Waals surface area contributed by atoms with Crippen LogP contribution in [-0.2, 0) is 20.6 Å². The lowest BCUT2D eigenvalue weighted by molar-refractivity contribution is 0.527. The van der Waals surface area contributed by atoms with Crippen molar-refractivity contribution in [3.63, 3.8) is 0 Å². The summed E-state index contributed by atoms with van der Waals surface area (Å²) in [5.74, 6) is 0. The number of aryl methyl sites for hydroxylation is 1. The molecule has 0 amide bonds. The zero-order chi connectivity index (χ0) is 11.9. The number of hydrogen-bond donors (Lipinski definition) is 1. The van der Waals surface area contributed by atoms with Crippen LogP contribution in [0.25, 0.3) is 0 Å². The highest BCUT2D eigenvalue weighted by atomic mass is 16.2. The van der Waals surface area contributed by atoms with E-state index in [4.69, 9.17) is 0 Å². The first-order valence-corrected chi connectivity index (χ1v) is 5.43. The van der Waals surface area contributed by atoms with Gasteiger partial charge in [0, 0.05) is 37.9 Å². The van der Waals surface area contributed by atoms with Gasteiger partial charge in [-0.2, -0.15) is 0 Å². The molecule has 0 spiro atoms. The summed E-state index contributed by atoms with van der Waals surface area (Å²) < 4.78 is 2.58. The number of aromatic nitrogens is 2. The van der Waals surface area contributed by atoms with E-state index in [1.165, 1.54) is 11.6 Å². The van der Waals surface area contributed by atoms with E-state index in [0.29, 0.717) is 12.1 Å². The topological polar surface area (TPSA) is 56.0 Å². The Kier molecular flexibility index (Phi) is 2.50. The van der Waals surface area contributed by atoms with Crippen molar-refractivity contribution in [3.05, 3.63) is 32.6 Å². The summed E-state index contributed by atoms with van der Waals surface area (Å²) in [6.07, 6.45) is 3.92. The summed E-state index contributed by atoms with van der Waals surface area (Å²) in [5, 5.41) is 3.34. The molecule has 1 fully saturated rings. The average Bonchev–Trinajstić information content (AvgIpc) is 2.98. The van der Waals surface area contributed by atoms with Gasteiger partial charge in [0.15, 0.2) is 0 Å². The fraction of sp³-hybridized carbons (Fsp3) is 0.636. The van der Waals surface area contributed by atoms with E-state index in [1.54, 1.807) is 13.2 Å². The van der Waals surface area contributed by atoms with Crippen molar-refractivity contribution in [3.8, 4) is 0 Å². The van der Waals surface area contributed by atoms with Gasteiger partial charge in [0.1, 0.15) is 0 Å². The highest BCUT2D eigenvalue weighted by Crippen LogP contribution is 2.34. The van der Waals surface area contributed by atoms with Gasteiger partial charge in [0.2, 0.25) is 0 Å². The molecule has 1 aliphatic carbocycles. The lowest BCUT2D eigenvalue weighted by atomic mass is 10.2. The molecule has 0 radical (unpaired) electrons. The second-order valence-corrected chi connectivity index (χ2v) is 4.83. The molecule has 0 bridgehead atoms. The molecule has 1 aromatic heterocycles. The van der Waals surface area contributed by atoms with Crippen LogP contribution in [0.2, 0.25) is 0 Å². The molecule has 0 aromatic carbocycles. The molecule has 1 aliphatic rings.